The van der Waals surface area contributed by atoms with Gasteiger partial charge in [0.15, 0.2) is 0 Å². The molecule has 0 aromatic heterocycles. The largest absolute Gasteiger partial charge is 0.466 e. The first-order valence-electron chi connectivity index (χ1n) is 12.6. The highest BCUT2D eigenvalue weighted by Crippen LogP contribution is 2.14. The predicted octanol–water partition coefficient (Wildman–Crippen LogP) is 7.55. The zero-order valence-corrected chi connectivity index (χ0v) is 20.1. The quantitative estimate of drug-likeness (QED) is 0.108. The fourth-order valence-corrected chi connectivity index (χ4v) is 3.60. The smallest absolute Gasteiger partial charge is 0.313 e. The first-order chi connectivity index (χ1) is 14.7. The molecule has 0 aromatic carbocycles. The second-order valence-electron chi connectivity index (χ2n) is 8.18. The molecule has 0 bridgehead atoms. The van der Waals surface area contributed by atoms with Crippen LogP contribution < -0.4 is 0 Å². The van der Waals surface area contributed by atoms with Crippen LogP contribution in [0.25, 0.3) is 0 Å². The van der Waals surface area contributed by atoms with Gasteiger partial charge in [0.1, 0.15) is 0 Å². The lowest BCUT2D eigenvalue weighted by molar-refractivity contribution is -0.153. The monoisotopic (exact) mass is 424 g/mol. The van der Waals surface area contributed by atoms with Crippen molar-refractivity contribution in [1.82, 2.24) is 0 Å². The minimum Gasteiger partial charge on any atom is -0.466 e. The van der Waals surface area contributed by atoms with E-state index >= 15 is 0 Å². The third kappa shape index (κ3) is 18.7. The zero-order chi connectivity index (χ0) is 22.3. The Hall–Kier alpha value is -1.32. The van der Waals surface area contributed by atoms with Crippen LogP contribution in [0.5, 0.6) is 0 Å². The number of esters is 2. The lowest BCUT2D eigenvalue weighted by Gasteiger charge is -2.11. The van der Waals surface area contributed by atoms with Gasteiger partial charge in [0, 0.05) is 0 Å². The van der Waals surface area contributed by atoms with E-state index < -0.39 is 5.92 Å². The van der Waals surface area contributed by atoms with Crippen LogP contribution >= 0.6 is 0 Å². The van der Waals surface area contributed by atoms with Crippen LogP contribution in [-0.4, -0.2) is 25.2 Å². The van der Waals surface area contributed by atoms with E-state index in [2.05, 4.69) is 6.92 Å². The number of carbonyl (C=O) groups is 2. The SMILES string of the molecule is CCCCCCCCCCCCCCCCC=CC(CC(=O)OCC)C(=O)OCC. The Balaban J connectivity index is 3.68. The molecule has 0 radical (unpaired) electrons. The Morgan fingerprint density at radius 2 is 1.13 bits per heavy atom. The van der Waals surface area contributed by atoms with Gasteiger partial charge < -0.3 is 9.47 Å². The van der Waals surface area contributed by atoms with Gasteiger partial charge in [-0.25, -0.2) is 0 Å². The number of rotatable bonds is 21. The van der Waals surface area contributed by atoms with E-state index in [1.165, 1.54) is 83.5 Å². The molecule has 0 aliphatic heterocycles. The highest BCUT2D eigenvalue weighted by atomic mass is 16.5. The molecular formula is C26H48O4. The van der Waals surface area contributed by atoms with Crippen LogP contribution in [0.2, 0.25) is 0 Å². The van der Waals surface area contributed by atoms with Crippen molar-refractivity contribution in [2.45, 2.75) is 124 Å². The lowest BCUT2D eigenvalue weighted by Crippen LogP contribution is -2.20. The third-order valence-corrected chi connectivity index (χ3v) is 5.37. The van der Waals surface area contributed by atoms with Crippen LogP contribution in [0.4, 0.5) is 0 Å². The molecule has 30 heavy (non-hydrogen) atoms. The maximum Gasteiger partial charge on any atom is 0.313 e. The maximum atomic E-state index is 12.0. The number of allylic oxidation sites excluding steroid dienone is 1. The van der Waals surface area contributed by atoms with Crippen molar-refractivity contribution in [2.24, 2.45) is 5.92 Å². The van der Waals surface area contributed by atoms with Gasteiger partial charge in [-0.2, -0.15) is 0 Å². The summed E-state index contributed by atoms with van der Waals surface area (Å²) in [6, 6.07) is 0. The number of carbonyl (C=O) groups excluding carboxylic acids is 2. The van der Waals surface area contributed by atoms with Crippen molar-refractivity contribution in [3.63, 3.8) is 0 Å². The van der Waals surface area contributed by atoms with E-state index in [4.69, 9.17) is 9.47 Å². The zero-order valence-electron chi connectivity index (χ0n) is 20.1. The van der Waals surface area contributed by atoms with Crippen molar-refractivity contribution in [3.05, 3.63) is 12.2 Å². The molecule has 0 heterocycles. The fourth-order valence-electron chi connectivity index (χ4n) is 3.60. The average molecular weight is 425 g/mol. The normalized spacial score (nSPS) is 12.2. The van der Waals surface area contributed by atoms with Crippen molar-refractivity contribution in [2.75, 3.05) is 13.2 Å². The van der Waals surface area contributed by atoms with Crippen LogP contribution in [-0.2, 0) is 19.1 Å². The summed E-state index contributed by atoms with van der Waals surface area (Å²) in [6.07, 6.45) is 23.7. The van der Waals surface area contributed by atoms with Gasteiger partial charge in [0.05, 0.1) is 25.6 Å². The summed E-state index contributed by atoms with van der Waals surface area (Å²) < 4.78 is 10.0. The van der Waals surface area contributed by atoms with E-state index in [1.807, 2.05) is 12.2 Å². The number of unbranched alkanes of at least 4 members (excludes halogenated alkanes) is 14. The minimum atomic E-state index is -0.532. The van der Waals surface area contributed by atoms with Crippen molar-refractivity contribution in [3.8, 4) is 0 Å². The van der Waals surface area contributed by atoms with Gasteiger partial charge >= 0.3 is 11.9 Å². The highest BCUT2D eigenvalue weighted by Gasteiger charge is 2.21. The molecule has 0 aromatic rings. The molecule has 0 rings (SSSR count). The van der Waals surface area contributed by atoms with E-state index in [0.29, 0.717) is 13.2 Å². The molecule has 1 atom stereocenters. The number of hydrogen-bond donors (Lipinski definition) is 0. The van der Waals surface area contributed by atoms with E-state index in [1.54, 1.807) is 13.8 Å². The molecule has 4 nitrogen and oxygen atoms in total. The van der Waals surface area contributed by atoms with Gasteiger partial charge in [0.25, 0.3) is 0 Å². The average Bonchev–Trinajstić information content (AvgIpc) is 2.73. The molecule has 0 fully saturated rings. The summed E-state index contributed by atoms with van der Waals surface area (Å²) in [5.41, 5.74) is 0. The fraction of sp³-hybridized carbons (Fsp3) is 0.846. The molecule has 4 heteroatoms. The van der Waals surface area contributed by atoms with E-state index in [9.17, 15) is 9.59 Å². The maximum absolute atomic E-state index is 12.0. The Kier molecular flexibility index (Phi) is 21.4. The van der Waals surface area contributed by atoms with Gasteiger partial charge in [-0.3, -0.25) is 9.59 Å². The van der Waals surface area contributed by atoms with Crippen LogP contribution in [0, 0.1) is 5.92 Å². The molecule has 0 spiro atoms. The van der Waals surface area contributed by atoms with Gasteiger partial charge in [-0.15, -0.1) is 0 Å². The molecule has 0 N–H and O–H groups in total. The summed E-state index contributed by atoms with van der Waals surface area (Å²) in [7, 11) is 0. The highest BCUT2D eigenvalue weighted by molar-refractivity contribution is 5.81. The first kappa shape index (κ1) is 28.7. The van der Waals surface area contributed by atoms with Crippen molar-refractivity contribution < 1.29 is 19.1 Å². The summed E-state index contributed by atoms with van der Waals surface area (Å²) in [5.74, 6) is -1.23. The summed E-state index contributed by atoms with van der Waals surface area (Å²) in [4.78, 5) is 23.7. The number of hydrogen-bond acceptors (Lipinski definition) is 4. The minimum absolute atomic E-state index is 0.0575. The summed E-state index contributed by atoms with van der Waals surface area (Å²) >= 11 is 0. The molecule has 176 valence electrons. The second-order valence-corrected chi connectivity index (χ2v) is 8.18. The molecule has 0 amide bonds. The Labute approximate surface area is 186 Å². The lowest BCUT2D eigenvalue weighted by atomic mass is 10.0. The summed E-state index contributed by atoms with van der Waals surface area (Å²) in [5, 5.41) is 0. The molecule has 0 saturated heterocycles. The second kappa shape index (κ2) is 22.4. The standard InChI is InChI=1S/C26H48O4/c1-4-7-8-9-10-11-12-13-14-15-16-17-18-19-20-21-22-24(26(28)30-6-3)23-25(27)29-5-2/h21-22,24H,4-20,23H2,1-3H3. The number of ether oxygens (including phenoxy) is 2. The van der Waals surface area contributed by atoms with Gasteiger partial charge in [0.2, 0.25) is 0 Å². The van der Waals surface area contributed by atoms with Crippen molar-refractivity contribution in [1.29, 1.82) is 0 Å². The van der Waals surface area contributed by atoms with Crippen molar-refractivity contribution >= 4 is 11.9 Å². The third-order valence-electron chi connectivity index (χ3n) is 5.37. The molecule has 0 saturated carbocycles. The Bertz CT molecular complexity index is 431. The van der Waals surface area contributed by atoms with Crippen LogP contribution in [0.15, 0.2) is 12.2 Å². The molecular weight excluding hydrogens is 376 g/mol. The molecule has 1 unspecified atom stereocenters. The van der Waals surface area contributed by atoms with Gasteiger partial charge in [-0.05, 0) is 26.7 Å². The molecule has 0 aliphatic carbocycles. The van der Waals surface area contributed by atoms with E-state index in [-0.39, 0.29) is 18.4 Å². The molecule has 0 aliphatic rings. The van der Waals surface area contributed by atoms with Crippen LogP contribution in [0.1, 0.15) is 124 Å². The first-order valence-corrected chi connectivity index (χ1v) is 12.6. The van der Waals surface area contributed by atoms with E-state index in [0.717, 1.165) is 12.8 Å². The predicted molar refractivity (Wildman–Crippen MR) is 125 cm³/mol. The van der Waals surface area contributed by atoms with Gasteiger partial charge in [-0.1, -0.05) is 103 Å². The summed E-state index contributed by atoms with van der Waals surface area (Å²) in [6.45, 7) is 6.47. The topological polar surface area (TPSA) is 52.6 Å². The van der Waals surface area contributed by atoms with Crippen LogP contribution in [0.3, 0.4) is 0 Å². The Morgan fingerprint density at radius 3 is 1.60 bits per heavy atom. The Morgan fingerprint density at radius 1 is 0.667 bits per heavy atom.